The summed E-state index contributed by atoms with van der Waals surface area (Å²) in [5.41, 5.74) is 26.2. The van der Waals surface area contributed by atoms with Gasteiger partial charge in [-0.05, 0) is 160 Å². The molecule has 2 unspecified atom stereocenters. The Bertz CT molecular complexity index is 4570. The largest absolute Gasteiger partial charge is 0.307 e. The summed E-state index contributed by atoms with van der Waals surface area (Å²) in [4.78, 5) is 0. The highest BCUT2D eigenvalue weighted by molar-refractivity contribution is 6.95. The van der Waals surface area contributed by atoms with Gasteiger partial charge >= 0.3 is 0 Å². The summed E-state index contributed by atoms with van der Waals surface area (Å²) in [5, 5.41) is 24.3. The highest BCUT2D eigenvalue weighted by Gasteiger charge is 2.48. The molecule has 5 aliphatic carbocycles. The summed E-state index contributed by atoms with van der Waals surface area (Å²) in [5.74, 6) is 0.785. The Balaban J connectivity index is 1.21. The summed E-state index contributed by atoms with van der Waals surface area (Å²) in [6.45, 7) is 22.6. The lowest BCUT2D eigenvalue weighted by atomic mass is 9.63. The summed E-state index contributed by atoms with van der Waals surface area (Å²) in [6, 6.07) is 53.9. The van der Waals surface area contributed by atoms with Crippen molar-refractivity contribution in [3.8, 4) is 28.3 Å². The quantitative estimate of drug-likeness (QED) is 0.126. The number of aryl methyl sites for hydroxylation is 1. The van der Waals surface area contributed by atoms with E-state index in [1.807, 2.05) is 0 Å². The molecule has 1 spiro atoms. The number of nitrogens with zero attached hydrogens (tertiary/aromatic N) is 3. The number of aromatic nitrogens is 2. The third kappa shape index (κ3) is 5.86. The van der Waals surface area contributed by atoms with Crippen LogP contribution in [0.3, 0.4) is 0 Å². The van der Waals surface area contributed by atoms with Crippen molar-refractivity contribution >= 4 is 89.5 Å². The Morgan fingerprint density at radius 2 is 1.06 bits per heavy atom. The van der Waals surface area contributed by atoms with E-state index in [2.05, 4.69) is 205 Å². The Hall–Kier alpha value is -6.93. The molecule has 0 N–H and O–H groups in total. The fourth-order valence-corrected chi connectivity index (χ4v) is 26.8. The van der Waals surface area contributed by atoms with Crippen molar-refractivity contribution in [2.75, 3.05) is 0 Å². The maximum atomic E-state index is 11.5. The molecule has 4 aromatic heterocycles. The van der Waals surface area contributed by atoms with Gasteiger partial charge in [0.15, 0.2) is 0 Å². The van der Waals surface area contributed by atoms with Gasteiger partial charge in [0, 0.05) is 66.1 Å². The molecule has 0 radical (unpaired) electrons. The van der Waals surface area contributed by atoms with E-state index in [0.717, 1.165) is 37.7 Å². The van der Waals surface area contributed by atoms with E-state index in [1.165, 1.54) is 154 Å². The van der Waals surface area contributed by atoms with Crippen molar-refractivity contribution < 1.29 is 0 Å². The van der Waals surface area contributed by atoms with Gasteiger partial charge in [-0.25, -0.2) is 0 Å². The Kier molecular flexibility index (Phi) is 10.4. The second-order valence-corrected chi connectivity index (χ2v) is 32.6. The van der Waals surface area contributed by atoms with Crippen molar-refractivity contribution in [1.82, 2.24) is 8.80 Å². The highest BCUT2D eigenvalue weighted by atomic mass is 28.3. The van der Waals surface area contributed by atoms with E-state index in [9.17, 15) is 5.26 Å². The smallest absolute Gasteiger partial charge is 0.0995 e. The number of hydrogen-bond acceptors (Lipinski definition) is 1. The molecule has 0 amide bonds. The molecule has 8 aromatic carbocycles. The molecule has 1 fully saturated rings. The SMILES string of the molecule is CCC(CC)(CC)c1cc2c3c4c(c(C#N)cc3n3c5c(-c6ccccc6)c6c7cc([Si](C(C)C)(C(C)C)C(C)C)cc8c9c%10c(ccc9n(c6c(-c6ccccc6)c5c(c1)c23)c87)C1CCC%10c2ccccc21)C1(CCCC1)CC4. The summed E-state index contributed by atoms with van der Waals surface area (Å²) < 4.78 is 5.54. The van der Waals surface area contributed by atoms with Gasteiger partial charge in [-0.2, -0.15) is 5.26 Å². The van der Waals surface area contributed by atoms with E-state index in [4.69, 9.17) is 0 Å². The second-order valence-electron chi connectivity index (χ2n) is 26.7. The van der Waals surface area contributed by atoms with E-state index in [1.54, 1.807) is 27.4 Å². The minimum absolute atomic E-state index is 0.0162. The zero-order valence-corrected chi connectivity index (χ0v) is 49.6. The normalized spacial score (nSPS) is 18.0. The predicted octanol–water partition coefficient (Wildman–Crippen LogP) is 20.7. The molecule has 3 nitrogen and oxygen atoms in total. The van der Waals surface area contributed by atoms with Crippen LogP contribution in [0, 0.1) is 11.3 Å². The summed E-state index contributed by atoms with van der Waals surface area (Å²) in [7, 11) is -2.26. The third-order valence-corrected chi connectivity index (χ3v) is 30.2. The van der Waals surface area contributed by atoms with E-state index in [-0.39, 0.29) is 10.8 Å². The minimum atomic E-state index is -2.26. The zero-order valence-electron chi connectivity index (χ0n) is 48.6. The second kappa shape index (κ2) is 17.1. The van der Waals surface area contributed by atoms with Gasteiger partial charge in [0.25, 0.3) is 0 Å². The van der Waals surface area contributed by atoms with Gasteiger partial charge in [0.1, 0.15) is 0 Å². The van der Waals surface area contributed by atoms with Crippen LogP contribution in [0.2, 0.25) is 16.6 Å². The van der Waals surface area contributed by atoms with Crippen LogP contribution in [0.15, 0.2) is 127 Å². The van der Waals surface area contributed by atoms with E-state index in [0.29, 0.717) is 28.5 Å². The lowest BCUT2D eigenvalue weighted by Gasteiger charge is -2.44. The van der Waals surface area contributed by atoms with Crippen molar-refractivity contribution in [3.63, 3.8) is 0 Å². The highest BCUT2D eigenvalue weighted by Crippen LogP contribution is 2.61. The Morgan fingerprint density at radius 1 is 0.550 bits per heavy atom. The van der Waals surface area contributed by atoms with E-state index < -0.39 is 8.07 Å². The molecule has 5 aliphatic rings. The van der Waals surface area contributed by atoms with Crippen molar-refractivity contribution in [2.24, 2.45) is 0 Å². The van der Waals surface area contributed by atoms with Gasteiger partial charge in [-0.15, -0.1) is 0 Å². The predicted molar refractivity (Wildman–Crippen MR) is 342 cm³/mol. The monoisotopic (exact) mass is 1060 g/mol. The molecule has 398 valence electrons. The summed E-state index contributed by atoms with van der Waals surface area (Å²) in [6.07, 6.45) is 12.7. The van der Waals surface area contributed by atoms with Crippen LogP contribution in [0.4, 0.5) is 0 Å². The molecule has 1 saturated carbocycles. The first-order chi connectivity index (χ1) is 39.0. The number of rotatable bonds is 10. The van der Waals surface area contributed by atoms with Crippen molar-refractivity contribution in [3.05, 3.63) is 172 Å². The first-order valence-corrected chi connectivity index (χ1v) is 33.4. The average Bonchev–Trinajstić information content (AvgIpc) is 4.11. The number of benzene rings is 8. The molecule has 2 atom stereocenters. The molecule has 80 heavy (non-hydrogen) atoms. The molecule has 17 rings (SSSR count). The van der Waals surface area contributed by atoms with Crippen LogP contribution >= 0.6 is 0 Å². The number of fused-ring (bicyclic) bond motifs is 16. The average molecular weight is 1060 g/mol. The molecule has 0 saturated heterocycles. The Morgan fingerprint density at radius 3 is 1.62 bits per heavy atom. The maximum Gasteiger partial charge on any atom is 0.0995 e. The van der Waals surface area contributed by atoms with Gasteiger partial charge in [-0.3, -0.25) is 0 Å². The molecule has 2 bridgehead atoms. The topological polar surface area (TPSA) is 32.6 Å². The zero-order chi connectivity index (χ0) is 54.5. The summed E-state index contributed by atoms with van der Waals surface area (Å²) >= 11 is 0. The fraction of sp³-hybridized carbons (Fsp3) is 0.355. The van der Waals surface area contributed by atoms with Crippen LogP contribution < -0.4 is 5.19 Å². The van der Waals surface area contributed by atoms with Gasteiger partial charge in [0.05, 0.1) is 52.8 Å². The first-order valence-electron chi connectivity index (χ1n) is 31.2. The number of nitriles is 1. The lowest BCUT2D eigenvalue weighted by Crippen LogP contribution is -2.55. The first kappa shape index (κ1) is 48.9. The fourth-order valence-electron chi connectivity index (χ4n) is 20.0. The van der Waals surface area contributed by atoms with Crippen molar-refractivity contribution in [1.29, 1.82) is 5.26 Å². The van der Waals surface area contributed by atoms with Gasteiger partial charge in [-0.1, -0.05) is 183 Å². The third-order valence-electron chi connectivity index (χ3n) is 23.2. The molecule has 4 heteroatoms. The molecule has 4 heterocycles. The molecular formula is C76H75N3Si. The van der Waals surface area contributed by atoms with Crippen LogP contribution in [-0.4, -0.2) is 16.9 Å². The van der Waals surface area contributed by atoms with Crippen LogP contribution in [-0.2, 0) is 17.3 Å². The van der Waals surface area contributed by atoms with Gasteiger partial charge in [0.2, 0.25) is 0 Å². The van der Waals surface area contributed by atoms with Crippen LogP contribution in [0.25, 0.3) is 98.4 Å². The van der Waals surface area contributed by atoms with Crippen LogP contribution in [0.1, 0.15) is 183 Å². The minimum Gasteiger partial charge on any atom is -0.307 e. The van der Waals surface area contributed by atoms with Crippen molar-refractivity contribution in [2.45, 2.75) is 172 Å². The molecule has 0 aliphatic heterocycles. The standard InChI is InChI=1S/C76H75N3Si/c1-10-75(11-2,12-3)49-38-57-65-56-33-36-76(34-21-22-35-76)70(56)48(42-77)37-62(65)79-71(57)58(39-49)68-63(46-23-15-13-16-24-46)73-69(64(74(68)79)47-25-17-14-18-26-47)60-41-50(80(43(4)5,44(6)7)45(8)9)40-59-67-61(78(73)72(59)60)32-31-55-53-29-30-54(66(55)67)52-28-20-19-27-51(52)53/h13-20,23-28,31-32,37-41,43-45,53-54H,10-12,21-22,29-30,33-36H2,1-9H3. The van der Waals surface area contributed by atoms with Gasteiger partial charge < -0.3 is 8.80 Å². The molecular weight excluding hydrogens is 983 g/mol. The van der Waals surface area contributed by atoms with Crippen LogP contribution in [0.5, 0.6) is 0 Å². The number of hydrogen-bond donors (Lipinski definition) is 0. The Labute approximate surface area is 473 Å². The maximum absolute atomic E-state index is 11.5. The molecule has 12 aromatic rings. The van der Waals surface area contributed by atoms with E-state index >= 15 is 0 Å². The lowest BCUT2D eigenvalue weighted by molar-refractivity contribution is 0.382.